The molecule has 0 radical (unpaired) electrons. The largest absolute Gasteiger partial charge is 0.496 e. The monoisotopic (exact) mass is 295 g/mol. The van der Waals surface area contributed by atoms with E-state index in [9.17, 15) is 0 Å². The molecule has 0 bridgehead atoms. The molecule has 1 aromatic carbocycles. The van der Waals surface area contributed by atoms with Gasteiger partial charge in [-0.1, -0.05) is 0 Å². The molecule has 0 saturated carbocycles. The van der Waals surface area contributed by atoms with Crippen molar-refractivity contribution in [3.8, 4) is 5.75 Å². The molecule has 3 nitrogen and oxygen atoms in total. The maximum Gasteiger partial charge on any atom is 0.148 e. The summed E-state index contributed by atoms with van der Waals surface area (Å²) < 4.78 is 12.1. The second kappa shape index (κ2) is 4.03. The average molecular weight is 296 g/mol. The van der Waals surface area contributed by atoms with Crippen molar-refractivity contribution in [2.24, 2.45) is 5.73 Å². The lowest BCUT2D eigenvalue weighted by molar-refractivity contribution is 0.404. The van der Waals surface area contributed by atoms with Gasteiger partial charge in [0.1, 0.15) is 11.3 Å². The molecule has 17 heavy (non-hydrogen) atoms. The van der Waals surface area contributed by atoms with Crippen molar-refractivity contribution in [3.05, 3.63) is 27.9 Å². The van der Waals surface area contributed by atoms with Gasteiger partial charge in [-0.05, 0) is 46.9 Å². The van der Waals surface area contributed by atoms with E-state index in [1.54, 1.807) is 7.11 Å². The third-order valence-corrected chi connectivity index (χ3v) is 4.14. The van der Waals surface area contributed by atoms with Crippen LogP contribution in [-0.2, 0) is 6.42 Å². The van der Waals surface area contributed by atoms with Crippen molar-refractivity contribution < 1.29 is 9.15 Å². The molecule has 2 aromatic rings. The quantitative estimate of drug-likeness (QED) is 0.926. The van der Waals surface area contributed by atoms with E-state index in [1.807, 2.05) is 12.3 Å². The Morgan fingerprint density at radius 1 is 1.59 bits per heavy atom. The van der Waals surface area contributed by atoms with Gasteiger partial charge in [-0.2, -0.15) is 0 Å². The normalized spacial score (nSPS) is 18.6. The summed E-state index contributed by atoms with van der Waals surface area (Å²) in [5.41, 5.74) is 9.25. The zero-order valence-electron chi connectivity index (χ0n) is 9.63. The van der Waals surface area contributed by atoms with Gasteiger partial charge in [0, 0.05) is 16.9 Å². The molecule has 1 aliphatic rings. The van der Waals surface area contributed by atoms with E-state index in [1.165, 1.54) is 16.5 Å². The van der Waals surface area contributed by atoms with E-state index in [4.69, 9.17) is 14.9 Å². The first-order chi connectivity index (χ1) is 8.26. The highest BCUT2D eigenvalue weighted by Gasteiger charge is 2.27. The van der Waals surface area contributed by atoms with Crippen LogP contribution >= 0.6 is 15.9 Å². The van der Waals surface area contributed by atoms with E-state index in [0.29, 0.717) is 12.5 Å². The first kappa shape index (κ1) is 11.1. The number of halogens is 1. The summed E-state index contributed by atoms with van der Waals surface area (Å²) in [5, 5.41) is 1.19. The van der Waals surface area contributed by atoms with E-state index in [2.05, 4.69) is 15.9 Å². The van der Waals surface area contributed by atoms with Crippen molar-refractivity contribution in [1.82, 2.24) is 0 Å². The van der Waals surface area contributed by atoms with Crippen LogP contribution in [0.3, 0.4) is 0 Å². The highest BCUT2D eigenvalue weighted by atomic mass is 79.9. The lowest BCUT2D eigenvalue weighted by Gasteiger charge is -2.23. The number of benzene rings is 1. The van der Waals surface area contributed by atoms with Crippen LogP contribution in [0.4, 0.5) is 0 Å². The number of nitrogens with two attached hydrogens (primary N) is 1. The van der Waals surface area contributed by atoms with Gasteiger partial charge in [0.2, 0.25) is 0 Å². The standard InChI is InChI=1S/C13H14BrNO2/c1-16-10-4-9(14)13-12-8(6-17-13)3-2-7(5-15)11(10)12/h4,6-7H,2-3,5,15H2,1H3. The van der Waals surface area contributed by atoms with Crippen LogP contribution in [-0.4, -0.2) is 13.7 Å². The van der Waals surface area contributed by atoms with Crippen molar-refractivity contribution in [2.45, 2.75) is 18.8 Å². The minimum absolute atomic E-state index is 0.366. The molecule has 1 aromatic heterocycles. The Kier molecular flexibility index (Phi) is 2.64. The molecule has 3 rings (SSSR count). The number of rotatable bonds is 2. The summed E-state index contributed by atoms with van der Waals surface area (Å²) in [6, 6.07) is 1.97. The van der Waals surface area contributed by atoms with Crippen LogP contribution in [0.1, 0.15) is 23.5 Å². The zero-order chi connectivity index (χ0) is 12.0. The van der Waals surface area contributed by atoms with Gasteiger partial charge in [-0.15, -0.1) is 0 Å². The first-order valence-electron chi connectivity index (χ1n) is 5.72. The highest BCUT2D eigenvalue weighted by molar-refractivity contribution is 9.10. The summed E-state index contributed by atoms with van der Waals surface area (Å²) in [5.74, 6) is 1.27. The molecule has 0 aliphatic heterocycles. The third kappa shape index (κ3) is 1.51. The number of hydrogen-bond acceptors (Lipinski definition) is 3. The Hall–Kier alpha value is -1.00. The Morgan fingerprint density at radius 2 is 2.41 bits per heavy atom. The van der Waals surface area contributed by atoms with E-state index < -0.39 is 0 Å². The lowest BCUT2D eigenvalue weighted by atomic mass is 9.83. The number of furan rings is 1. The fraction of sp³-hybridized carbons (Fsp3) is 0.385. The smallest absolute Gasteiger partial charge is 0.148 e. The number of ether oxygens (including phenoxy) is 1. The molecule has 2 N–H and O–H groups in total. The van der Waals surface area contributed by atoms with E-state index in [-0.39, 0.29) is 0 Å². The van der Waals surface area contributed by atoms with Gasteiger partial charge in [-0.25, -0.2) is 0 Å². The van der Waals surface area contributed by atoms with Crippen molar-refractivity contribution in [2.75, 3.05) is 13.7 Å². The van der Waals surface area contributed by atoms with Crippen molar-refractivity contribution in [1.29, 1.82) is 0 Å². The highest BCUT2D eigenvalue weighted by Crippen LogP contribution is 2.45. The fourth-order valence-corrected chi connectivity index (χ4v) is 3.21. The minimum atomic E-state index is 0.366. The number of aryl methyl sites for hydroxylation is 1. The molecule has 0 fully saturated rings. The molecule has 4 heteroatoms. The molecule has 90 valence electrons. The topological polar surface area (TPSA) is 48.4 Å². The molecule has 1 aliphatic carbocycles. The summed E-state index contributed by atoms with van der Waals surface area (Å²) >= 11 is 3.53. The Balaban J connectivity index is 2.39. The summed E-state index contributed by atoms with van der Waals surface area (Å²) in [6.45, 7) is 0.651. The lowest BCUT2D eigenvalue weighted by Crippen LogP contribution is -2.17. The Labute approximate surface area is 108 Å². The van der Waals surface area contributed by atoms with Gasteiger partial charge >= 0.3 is 0 Å². The Morgan fingerprint density at radius 3 is 3.12 bits per heavy atom. The molecule has 0 saturated heterocycles. The molecule has 1 unspecified atom stereocenters. The predicted molar refractivity (Wildman–Crippen MR) is 70.6 cm³/mol. The summed E-state index contributed by atoms with van der Waals surface area (Å²) in [7, 11) is 1.70. The first-order valence-corrected chi connectivity index (χ1v) is 6.52. The Bertz CT molecular complexity index is 576. The van der Waals surface area contributed by atoms with Gasteiger partial charge in [0.15, 0.2) is 0 Å². The summed E-state index contributed by atoms with van der Waals surface area (Å²) in [4.78, 5) is 0. The second-order valence-corrected chi connectivity index (χ2v) is 5.27. The van der Waals surface area contributed by atoms with Gasteiger partial charge in [-0.3, -0.25) is 0 Å². The van der Waals surface area contributed by atoms with Gasteiger partial charge < -0.3 is 14.9 Å². The van der Waals surface area contributed by atoms with Crippen molar-refractivity contribution in [3.63, 3.8) is 0 Å². The van der Waals surface area contributed by atoms with E-state index >= 15 is 0 Å². The van der Waals surface area contributed by atoms with Crippen molar-refractivity contribution >= 4 is 26.9 Å². The van der Waals surface area contributed by atoms with Crippen LogP contribution in [0.5, 0.6) is 5.75 Å². The fourth-order valence-electron chi connectivity index (χ4n) is 2.71. The van der Waals surface area contributed by atoms with Crippen LogP contribution in [0.15, 0.2) is 21.2 Å². The zero-order valence-corrected chi connectivity index (χ0v) is 11.2. The van der Waals surface area contributed by atoms with Crippen LogP contribution in [0.2, 0.25) is 0 Å². The maximum atomic E-state index is 5.87. The molecule has 1 atom stereocenters. The molecular formula is C13H14BrNO2. The van der Waals surface area contributed by atoms with Crippen LogP contribution in [0.25, 0.3) is 11.0 Å². The molecular weight excluding hydrogens is 282 g/mol. The van der Waals surface area contributed by atoms with Crippen LogP contribution < -0.4 is 10.5 Å². The number of methoxy groups -OCH3 is 1. The second-order valence-electron chi connectivity index (χ2n) is 4.41. The summed E-state index contributed by atoms with van der Waals surface area (Å²) in [6.07, 6.45) is 3.95. The third-order valence-electron chi connectivity index (χ3n) is 3.55. The predicted octanol–water partition coefficient (Wildman–Crippen LogP) is 3.19. The van der Waals surface area contributed by atoms with Gasteiger partial charge in [0.25, 0.3) is 0 Å². The SMILES string of the molecule is COc1cc(Br)c2occ3c2c1C(CN)CC3. The number of hydrogen-bond donors (Lipinski definition) is 1. The van der Waals surface area contributed by atoms with Crippen LogP contribution in [0, 0.1) is 0 Å². The van der Waals surface area contributed by atoms with E-state index in [0.717, 1.165) is 28.6 Å². The maximum absolute atomic E-state index is 5.87. The minimum Gasteiger partial charge on any atom is -0.496 e. The van der Waals surface area contributed by atoms with Gasteiger partial charge in [0.05, 0.1) is 17.8 Å². The molecule has 0 amide bonds. The average Bonchev–Trinajstić information content (AvgIpc) is 2.78. The molecule has 0 spiro atoms. The molecule has 1 heterocycles.